The maximum absolute atomic E-state index is 6.10. The zero-order chi connectivity index (χ0) is 13.1. The maximum atomic E-state index is 6.10. The van der Waals surface area contributed by atoms with Crippen LogP contribution < -0.4 is 5.32 Å². The van der Waals surface area contributed by atoms with Gasteiger partial charge in [-0.1, -0.05) is 32.4 Å². The Morgan fingerprint density at radius 3 is 2.50 bits per heavy atom. The Morgan fingerprint density at radius 1 is 1.11 bits per heavy atom. The summed E-state index contributed by atoms with van der Waals surface area (Å²) in [6.45, 7) is 10.4. The van der Waals surface area contributed by atoms with Gasteiger partial charge in [0, 0.05) is 10.9 Å². The fourth-order valence-corrected chi connectivity index (χ4v) is 2.51. The van der Waals surface area contributed by atoms with Crippen LogP contribution in [0, 0.1) is 13.8 Å². The third kappa shape index (κ3) is 2.30. The molecule has 0 atom stereocenters. The molecule has 0 saturated carbocycles. The molecule has 0 unspecified atom stereocenters. The van der Waals surface area contributed by atoms with Crippen LogP contribution in [0.5, 0.6) is 0 Å². The van der Waals surface area contributed by atoms with Crippen molar-refractivity contribution in [2.24, 2.45) is 0 Å². The molecule has 0 saturated heterocycles. The van der Waals surface area contributed by atoms with E-state index < -0.39 is 0 Å². The van der Waals surface area contributed by atoms with Crippen molar-refractivity contribution in [1.29, 1.82) is 0 Å². The molecule has 1 aromatic heterocycles. The number of rotatable bonds is 5. The van der Waals surface area contributed by atoms with Crippen LogP contribution in [0.1, 0.15) is 42.7 Å². The number of hydrogen-bond acceptors (Lipinski definition) is 2. The van der Waals surface area contributed by atoms with Gasteiger partial charge in [0.15, 0.2) is 0 Å². The predicted octanol–water partition coefficient (Wildman–Crippen LogP) is 4.11. The highest BCUT2D eigenvalue weighted by molar-refractivity contribution is 5.88. The van der Waals surface area contributed by atoms with Crippen LogP contribution in [-0.4, -0.2) is 6.54 Å². The molecule has 0 bridgehead atoms. The molecule has 2 aromatic rings. The molecular formula is C16H23NO. The van der Waals surface area contributed by atoms with Gasteiger partial charge in [0.25, 0.3) is 0 Å². The van der Waals surface area contributed by atoms with Crippen molar-refractivity contribution in [3.05, 3.63) is 34.6 Å². The lowest BCUT2D eigenvalue weighted by Gasteiger charge is -2.03. The Balaban J connectivity index is 2.59. The fraction of sp³-hybridized carbons (Fsp3) is 0.500. The zero-order valence-electron chi connectivity index (χ0n) is 11.9. The summed E-state index contributed by atoms with van der Waals surface area (Å²) in [6, 6.07) is 4.34. The smallest absolute Gasteiger partial charge is 0.137 e. The summed E-state index contributed by atoms with van der Waals surface area (Å²) in [5.74, 6) is 1.12. The monoisotopic (exact) mass is 245 g/mol. The quantitative estimate of drug-likeness (QED) is 0.857. The summed E-state index contributed by atoms with van der Waals surface area (Å²) in [7, 11) is 0. The summed E-state index contributed by atoms with van der Waals surface area (Å²) >= 11 is 0. The van der Waals surface area contributed by atoms with Crippen molar-refractivity contribution in [2.75, 3.05) is 6.54 Å². The van der Waals surface area contributed by atoms with Crippen molar-refractivity contribution < 1.29 is 4.42 Å². The first-order valence-electron chi connectivity index (χ1n) is 6.90. The van der Waals surface area contributed by atoms with Gasteiger partial charge in [-0.05, 0) is 37.9 Å². The van der Waals surface area contributed by atoms with Gasteiger partial charge in [0.1, 0.15) is 11.3 Å². The third-order valence-corrected chi connectivity index (χ3v) is 3.46. The lowest BCUT2D eigenvalue weighted by Crippen LogP contribution is -2.12. The van der Waals surface area contributed by atoms with Gasteiger partial charge >= 0.3 is 0 Å². The van der Waals surface area contributed by atoms with Gasteiger partial charge in [-0.2, -0.15) is 0 Å². The van der Waals surface area contributed by atoms with Crippen molar-refractivity contribution in [2.45, 2.75) is 47.1 Å². The Labute approximate surface area is 109 Å². The maximum Gasteiger partial charge on any atom is 0.137 e. The van der Waals surface area contributed by atoms with Crippen LogP contribution in [0.2, 0.25) is 0 Å². The first-order chi connectivity index (χ1) is 8.69. The van der Waals surface area contributed by atoms with Gasteiger partial charge in [-0.25, -0.2) is 0 Å². The first-order valence-corrected chi connectivity index (χ1v) is 6.90. The third-order valence-electron chi connectivity index (χ3n) is 3.46. The summed E-state index contributed by atoms with van der Waals surface area (Å²) in [5.41, 5.74) is 5.03. The van der Waals surface area contributed by atoms with Gasteiger partial charge in [0.05, 0.1) is 6.54 Å². The topological polar surface area (TPSA) is 25.2 Å². The fourth-order valence-electron chi connectivity index (χ4n) is 2.51. The van der Waals surface area contributed by atoms with Crippen molar-refractivity contribution >= 4 is 11.0 Å². The summed E-state index contributed by atoms with van der Waals surface area (Å²) in [6.07, 6.45) is 2.25. The zero-order valence-corrected chi connectivity index (χ0v) is 11.9. The lowest BCUT2D eigenvalue weighted by atomic mass is 10.00. The number of nitrogens with one attached hydrogen (secondary N) is 1. The largest absolute Gasteiger partial charge is 0.459 e. The normalized spacial score (nSPS) is 11.3. The minimum Gasteiger partial charge on any atom is -0.459 e. The number of furan rings is 1. The molecule has 2 rings (SSSR count). The number of hydrogen-bond donors (Lipinski definition) is 1. The van der Waals surface area contributed by atoms with E-state index in [0.717, 1.165) is 37.3 Å². The summed E-state index contributed by atoms with van der Waals surface area (Å²) in [5, 5.41) is 4.71. The molecule has 1 aromatic carbocycles. The number of fused-ring (bicyclic) bond motifs is 1. The molecular weight excluding hydrogens is 222 g/mol. The van der Waals surface area contributed by atoms with E-state index in [0.29, 0.717) is 0 Å². The van der Waals surface area contributed by atoms with E-state index >= 15 is 0 Å². The van der Waals surface area contributed by atoms with Gasteiger partial charge in [-0.15, -0.1) is 0 Å². The molecule has 1 N–H and O–H groups in total. The van der Waals surface area contributed by atoms with E-state index in [-0.39, 0.29) is 0 Å². The first kappa shape index (κ1) is 13.2. The Morgan fingerprint density at radius 2 is 1.83 bits per heavy atom. The van der Waals surface area contributed by atoms with E-state index in [1.807, 2.05) is 0 Å². The van der Waals surface area contributed by atoms with Gasteiger partial charge in [0.2, 0.25) is 0 Å². The molecule has 98 valence electrons. The van der Waals surface area contributed by atoms with Gasteiger partial charge < -0.3 is 9.73 Å². The molecule has 0 aliphatic carbocycles. The van der Waals surface area contributed by atoms with E-state index in [1.165, 1.54) is 22.1 Å². The second kappa shape index (κ2) is 5.57. The van der Waals surface area contributed by atoms with E-state index in [1.54, 1.807) is 0 Å². The van der Waals surface area contributed by atoms with Crippen LogP contribution in [-0.2, 0) is 13.0 Å². The molecule has 2 heteroatoms. The second-order valence-corrected chi connectivity index (χ2v) is 4.94. The van der Waals surface area contributed by atoms with Crippen LogP contribution in [0.15, 0.2) is 16.5 Å². The van der Waals surface area contributed by atoms with Gasteiger partial charge in [-0.3, -0.25) is 0 Å². The minimum atomic E-state index is 0.833. The second-order valence-electron chi connectivity index (χ2n) is 4.94. The highest BCUT2D eigenvalue weighted by atomic mass is 16.3. The Kier molecular flexibility index (Phi) is 4.07. The van der Waals surface area contributed by atoms with Crippen molar-refractivity contribution in [3.63, 3.8) is 0 Å². The van der Waals surface area contributed by atoms with E-state index in [9.17, 15) is 0 Å². The lowest BCUT2D eigenvalue weighted by molar-refractivity contribution is 0.511. The molecule has 18 heavy (non-hydrogen) atoms. The van der Waals surface area contributed by atoms with E-state index in [2.05, 4.69) is 45.1 Å². The van der Waals surface area contributed by atoms with Crippen LogP contribution in [0.4, 0.5) is 0 Å². The molecule has 0 amide bonds. The Hall–Kier alpha value is -1.28. The van der Waals surface area contributed by atoms with Crippen LogP contribution in [0.25, 0.3) is 11.0 Å². The molecule has 0 aliphatic heterocycles. The summed E-state index contributed by atoms with van der Waals surface area (Å²) < 4.78 is 6.10. The molecule has 2 nitrogen and oxygen atoms in total. The number of benzene rings is 1. The van der Waals surface area contributed by atoms with Crippen molar-refractivity contribution in [1.82, 2.24) is 5.32 Å². The average molecular weight is 245 g/mol. The van der Waals surface area contributed by atoms with Crippen LogP contribution >= 0.6 is 0 Å². The summed E-state index contributed by atoms with van der Waals surface area (Å²) in [4.78, 5) is 0. The highest BCUT2D eigenvalue weighted by Gasteiger charge is 2.16. The standard InChI is InChI=1S/C16H23NO/c1-5-7-13-14(10-17-6-2)18-16-12(4)9-8-11(3)15(13)16/h8-9,17H,5-7,10H2,1-4H3. The highest BCUT2D eigenvalue weighted by Crippen LogP contribution is 2.32. The number of aryl methyl sites for hydroxylation is 3. The molecule has 1 heterocycles. The minimum absolute atomic E-state index is 0.833. The average Bonchev–Trinajstić information content (AvgIpc) is 2.72. The molecule has 0 fully saturated rings. The predicted molar refractivity (Wildman–Crippen MR) is 77.1 cm³/mol. The molecule has 0 spiro atoms. The molecule has 0 radical (unpaired) electrons. The SMILES string of the molecule is CCCc1c(CNCC)oc2c(C)ccc(C)c12. The van der Waals surface area contributed by atoms with Crippen LogP contribution in [0.3, 0.4) is 0 Å². The molecule has 0 aliphatic rings. The Bertz CT molecular complexity index is 540. The van der Waals surface area contributed by atoms with E-state index in [4.69, 9.17) is 4.42 Å². The van der Waals surface area contributed by atoms with Crippen molar-refractivity contribution in [3.8, 4) is 0 Å².